The maximum atomic E-state index is 10.3. The van der Waals surface area contributed by atoms with Crippen molar-refractivity contribution in [3.63, 3.8) is 0 Å². The Morgan fingerprint density at radius 1 is 1.60 bits per heavy atom. The lowest BCUT2D eigenvalue weighted by Crippen LogP contribution is -2.27. The van der Waals surface area contributed by atoms with Gasteiger partial charge in [-0.05, 0) is 5.92 Å². The van der Waals surface area contributed by atoms with Crippen molar-refractivity contribution in [1.29, 1.82) is 0 Å². The van der Waals surface area contributed by atoms with Gasteiger partial charge in [0.25, 0.3) is 0 Å². The maximum absolute atomic E-state index is 10.3. The molecule has 3 N–H and O–H groups in total. The van der Waals surface area contributed by atoms with Gasteiger partial charge in [-0.15, -0.1) is 12.4 Å². The highest BCUT2D eigenvalue weighted by Crippen LogP contribution is 2.07. The number of carboxylic acids is 1. The van der Waals surface area contributed by atoms with Crippen LogP contribution in [0.15, 0.2) is 0 Å². The molecule has 4 heteroatoms. The molecule has 0 aliphatic heterocycles. The molecule has 0 bridgehead atoms. The first-order valence-electron chi connectivity index (χ1n) is 3.02. The molecule has 0 aliphatic carbocycles. The molecule has 62 valence electrons. The first-order valence-corrected chi connectivity index (χ1v) is 3.02. The Balaban J connectivity index is 0. The van der Waals surface area contributed by atoms with Crippen LogP contribution in [0.3, 0.4) is 0 Å². The average molecular weight is 168 g/mol. The van der Waals surface area contributed by atoms with E-state index in [9.17, 15) is 4.79 Å². The van der Waals surface area contributed by atoms with Gasteiger partial charge in [0, 0.05) is 6.54 Å². The van der Waals surface area contributed by atoms with E-state index in [4.69, 9.17) is 10.8 Å². The van der Waals surface area contributed by atoms with E-state index in [2.05, 4.69) is 0 Å². The van der Waals surface area contributed by atoms with Gasteiger partial charge in [0.1, 0.15) is 0 Å². The van der Waals surface area contributed by atoms with Crippen LogP contribution in [0.2, 0.25) is 0 Å². The second-order valence-electron chi connectivity index (χ2n) is 2.42. The largest absolute Gasteiger partial charge is 0.481 e. The van der Waals surface area contributed by atoms with Crippen molar-refractivity contribution in [2.24, 2.45) is 17.6 Å². The normalized spacial score (nSPS) is 12.4. The van der Waals surface area contributed by atoms with Gasteiger partial charge in [0.2, 0.25) is 0 Å². The molecule has 0 heterocycles. The molecule has 0 saturated heterocycles. The van der Waals surface area contributed by atoms with Crippen LogP contribution in [0.5, 0.6) is 0 Å². The van der Waals surface area contributed by atoms with E-state index in [1.807, 2.05) is 13.8 Å². The first-order chi connectivity index (χ1) is 4.09. The van der Waals surface area contributed by atoms with E-state index in [1.54, 1.807) is 0 Å². The summed E-state index contributed by atoms with van der Waals surface area (Å²) in [6.45, 7) is 3.93. The molecular formula is C6H14ClNO2. The van der Waals surface area contributed by atoms with E-state index in [0.717, 1.165) is 0 Å². The highest BCUT2D eigenvalue weighted by molar-refractivity contribution is 5.85. The highest BCUT2D eigenvalue weighted by atomic mass is 35.5. The summed E-state index contributed by atoms with van der Waals surface area (Å²) in [4.78, 5) is 10.3. The van der Waals surface area contributed by atoms with Gasteiger partial charge in [-0.1, -0.05) is 13.8 Å². The minimum absolute atomic E-state index is 0. The van der Waals surface area contributed by atoms with Crippen LogP contribution in [0.1, 0.15) is 13.8 Å². The third-order valence-electron chi connectivity index (χ3n) is 1.38. The predicted molar refractivity (Wildman–Crippen MR) is 42.3 cm³/mol. The zero-order chi connectivity index (χ0) is 7.44. The van der Waals surface area contributed by atoms with Crippen molar-refractivity contribution >= 4 is 18.4 Å². The summed E-state index contributed by atoms with van der Waals surface area (Å²) in [5.74, 6) is -1.05. The standard InChI is InChI=1S/C6H13NO2.ClH/c1-4(2)5(3-7)6(8)9;/h4-5H,3,7H2,1-2H3,(H,8,9);1H/t5-;/m0./s1. The molecule has 0 amide bonds. The highest BCUT2D eigenvalue weighted by Gasteiger charge is 2.18. The molecule has 0 aromatic heterocycles. The van der Waals surface area contributed by atoms with Crippen LogP contribution >= 0.6 is 12.4 Å². The Bertz CT molecular complexity index is 106. The van der Waals surface area contributed by atoms with Gasteiger partial charge < -0.3 is 10.8 Å². The van der Waals surface area contributed by atoms with E-state index in [1.165, 1.54) is 0 Å². The Kier molecular flexibility index (Phi) is 6.82. The van der Waals surface area contributed by atoms with E-state index < -0.39 is 5.97 Å². The Morgan fingerprint density at radius 3 is 2.00 bits per heavy atom. The number of hydrogen-bond donors (Lipinski definition) is 2. The molecule has 0 rings (SSSR count). The summed E-state index contributed by atoms with van der Waals surface area (Å²) < 4.78 is 0. The SMILES string of the molecule is CC(C)[C@H](CN)C(=O)O.Cl. The number of halogens is 1. The van der Waals surface area contributed by atoms with E-state index >= 15 is 0 Å². The van der Waals surface area contributed by atoms with Gasteiger partial charge in [-0.2, -0.15) is 0 Å². The summed E-state index contributed by atoms with van der Waals surface area (Å²) in [6, 6.07) is 0. The molecule has 0 fully saturated rings. The molecule has 0 aromatic carbocycles. The molecule has 3 nitrogen and oxygen atoms in total. The second-order valence-corrected chi connectivity index (χ2v) is 2.42. The van der Waals surface area contributed by atoms with Crippen LogP contribution in [0, 0.1) is 11.8 Å². The van der Waals surface area contributed by atoms with Gasteiger partial charge in [0.05, 0.1) is 5.92 Å². The average Bonchev–Trinajstić information content (AvgIpc) is 1.64. The monoisotopic (exact) mass is 167 g/mol. The first kappa shape index (κ1) is 12.4. The van der Waals surface area contributed by atoms with Crippen LogP contribution < -0.4 is 5.73 Å². The van der Waals surface area contributed by atoms with Crippen molar-refractivity contribution < 1.29 is 9.90 Å². The molecule has 0 saturated carbocycles. The van der Waals surface area contributed by atoms with Crippen molar-refractivity contribution in [2.45, 2.75) is 13.8 Å². The Morgan fingerprint density at radius 2 is 2.00 bits per heavy atom. The summed E-state index contributed by atoms with van der Waals surface area (Å²) >= 11 is 0. The number of nitrogens with two attached hydrogens (primary N) is 1. The van der Waals surface area contributed by atoms with Crippen molar-refractivity contribution in [1.82, 2.24) is 0 Å². The summed E-state index contributed by atoms with van der Waals surface area (Å²) in [6.07, 6.45) is 0. The third-order valence-corrected chi connectivity index (χ3v) is 1.38. The van der Waals surface area contributed by atoms with Gasteiger partial charge in [-0.25, -0.2) is 0 Å². The number of aliphatic carboxylic acids is 1. The van der Waals surface area contributed by atoms with Crippen LogP contribution in [-0.2, 0) is 4.79 Å². The summed E-state index contributed by atoms with van der Waals surface area (Å²) in [7, 11) is 0. The van der Waals surface area contributed by atoms with Gasteiger partial charge in [0.15, 0.2) is 0 Å². The molecule has 0 radical (unpaired) electrons. The van der Waals surface area contributed by atoms with Crippen LogP contribution in [0.25, 0.3) is 0 Å². The van der Waals surface area contributed by atoms with E-state index in [-0.39, 0.29) is 30.8 Å². The molecule has 0 aromatic rings. The predicted octanol–water partition coefficient (Wildman–Crippen LogP) is 0.724. The third kappa shape index (κ3) is 3.69. The topological polar surface area (TPSA) is 63.3 Å². The fourth-order valence-electron chi connectivity index (χ4n) is 0.658. The molecule has 1 atom stereocenters. The fraction of sp³-hybridized carbons (Fsp3) is 0.833. The van der Waals surface area contributed by atoms with Gasteiger partial charge in [-0.3, -0.25) is 4.79 Å². The lowest BCUT2D eigenvalue weighted by Gasteiger charge is -2.12. The van der Waals surface area contributed by atoms with Crippen molar-refractivity contribution in [2.75, 3.05) is 6.54 Å². The minimum Gasteiger partial charge on any atom is -0.481 e. The van der Waals surface area contributed by atoms with Gasteiger partial charge >= 0.3 is 5.97 Å². The Labute approximate surface area is 67.0 Å². The fourth-order valence-corrected chi connectivity index (χ4v) is 0.658. The van der Waals surface area contributed by atoms with Crippen molar-refractivity contribution in [3.05, 3.63) is 0 Å². The lowest BCUT2D eigenvalue weighted by molar-refractivity contribution is -0.142. The summed E-state index contributed by atoms with van der Waals surface area (Å²) in [5.41, 5.74) is 5.19. The molecular weight excluding hydrogens is 154 g/mol. The van der Waals surface area contributed by atoms with E-state index in [0.29, 0.717) is 0 Å². The number of hydrogen-bond acceptors (Lipinski definition) is 2. The zero-order valence-corrected chi connectivity index (χ0v) is 7.02. The molecule has 0 aliphatic rings. The van der Waals surface area contributed by atoms with Crippen molar-refractivity contribution in [3.8, 4) is 0 Å². The van der Waals surface area contributed by atoms with Crippen LogP contribution in [-0.4, -0.2) is 17.6 Å². The molecule has 0 spiro atoms. The van der Waals surface area contributed by atoms with Crippen LogP contribution in [0.4, 0.5) is 0 Å². The number of carbonyl (C=O) groups is 1. The quantitative estimate of drug-likeness (QED) is 0.651. The zero-order valence-electron chi connectivity index (χ0n) is 6.20. The number of carboxylic acid groups (broad SMARTS) is 1. The smallest absolute Gasteiger partial charge is 0.308 e. The molecule has 0 unspecified atom stereocenters. The number of rotatable bonds is 3. The summed E-state index contributed by atoms with van der Waals surface area (Å²) in [5, 5.41) is 8.46. The molecule has 10 heavy (non-hydrogen) atoms. The Hall–Kier alpha value is -0.280. The maximum Gasteiger partial charge on any atom is 0.308 e. The lowest BCUT2D eigenvalue weighted by atomic mass is 9.97. The minimum atomic E-state index is -0.799. The second kappa shape index (κ2) is 5.50.